The Labute approximate surface area is 91.3 Å². The van der Waals surface area contributed by atoms with Crippen molar-refractivity contribution < 1.29 is 0 Å². The van der Waals surface area contributed by atoms with Crippen molar-refractivity contribution >= 4 is 0 Å². The second-order valence-electron chi connectivity index (χ2n) is 4.13. The van der Waals surface area contributed by atoms with Crippen LogP contribution in [0.3, 0.4) is 0 Å². The van der Waals surface area contributed by atoms with E-state index in [9.17, 15) is 0 Å². The number of aryl methyl sites for hydroxylation is 1. The van der Waals surface area contributed by atoms with Gasteiger partial charge in [0.05, 0.1) is 0 Å². The molecular weight excluding hydrogens is 186 g/mol. The van der Waals surface area contributed by atoms with Crippen molar-refractivity contribution in [3.05, 3.63) is 23.3 Å². The van der Waals surface area contributed by atoms with E-state index in [4.69, 9.17) is 0 Å². The zero-order chi connectivity index (χ0) is 10.5. The quantitative estimate of drug-likeness (QED) is 0.762. The number of rotatable bonds is 4. The van der Waals surface area contributed by atoms with Crippen LogP contribution in [0.15, 0.2) is 6.33 Å². The summed E-state index contributed by atoms with van der Waals surface area (Å²) in [6.07, 6.45) is 7.71. The molecule has 0 aliphatic carbocycles. The lowest BCUT2D eigenvalue weighted by Crippen LogP contribution is -2.26. The summed E-state index contributed by atoms with van der Waals surface area (Å²) in [6, 6.07) is 0. The summed E-state index contributed by atoms with van der Waals surface area (Å²) < 4.78 is 0. The molecule has 1 aromatic heterocycles. The summed E-state index contributed by atoms with van der Waals surface area (Å²) in [7, 11) is 0. The Morgan fingerprint density at radius 3 is 3.13 bits per heavy atom. The molecule has 1 aliphatic rings. The number of unbranched alkanes of at least 4 members (excludes halogenated alkanes) is 2. The van der Waals surface area contributed by atoms with E-state index in [0.717, 1.165) is 25.9 Å². The van der Waals surface area contributed by atoms with E-state index in [2.05, 4.69) is 22.2 Å². The lowest BCUT2D eigenvalue weighted by Gasteiger charge is -2.18. The highest BCUT2D eigenvalue weighted by atomic mass is 14.9. The number of hydrogen-bond donors (Lipinski definition) is 1. The van der Waals surface area contributed by atoms with Gasteiger partial charge in [0, 0.05) is 36.5 Å². The monoisotopic (exact) mass is 205 g/mol. The van der Waals surface area contributed by atoms with E-state index in [0.29, 0.717) is 0 Å². The van der Waals surface area contributed by atoms with Gasteiger partial charge in [0.15, 0.2) is 0 Å². The van der Waals surface area contributed by atoms with E-state index >= 15 is 0 Å². The van der Waals surface area contributed by atoms with Crippen LogP contribution in [0.5, 0.6) is 0 Å². The number of nitrogens with one attached hydrogen (secondary N) is 1. The van der Waals surface area contributed by atoms with Crippen LogP contribution in [0, 0.1) is 0 Å². The Hall–Kier alpha value is -0.960. The van der Waals surface area contributed by atoms with Crippen molar-refractivity contribution in [3.8, 4) is 0 Å². The van der Waals surface area contributed by atoms with Gasteiger partial charge >= 0.3 is 0 Å². The summed E-state index contributed by atoms with van der Waals surface area (Å²) in [5.41, 5.74) is 3.88. The van der Waals surface area contributed by atoms with Crippen LogP contribution in [0.2, 0.25) is 0 Å². The molecule has 0 radical (unpaired) electrons. The maximum Gasteiger partial charge on any atom is 0.115 e. The van der Waals surface area contributed by atoms with Crippen molar-refractivity contribution in [1.29, 1.82) is 0 Å². The van der Waals surface area contributed by atoms with Crippen LogP contribution in [0.4, 0.5) is 0 Å². The lowest BCUT2D eigenvalue weighted by molar-refractivity contribution is 0.608. The maximum atomic E-state index is 4.41. The van der Waals surface area contributed by atoms with E-state index < -0.39 is 0 Å². The molecule has 1 aromatic rings. The molecule has 0 bridgehead atoms. The number of aromatic nitrogens is 2. The third-order valence-corrected chi connectivity index (χ3v) is 2.98. The smallest absolute Gasteiger partial charge is 0.115 e. The summed E-state index contributed by atoms with van der Waals surface area (Å²) >= 11 is 0. The highest BCUT2D eigenvalue weighted by Crippen LogP contribution is 2.16. The lowest BCUT2D eigenvalue weighted by atomic mass is 10.0. The summed E-state index contributed by atoms with van der Waals surface area (Å²) in [5.74, 6) is 0. The molecule has 0 aromatic carbocycles. The maximum absolute atomic E-state index is 4.41. The first kappa shape index (κ1) is 10.6. The van der Waals surface area contributed by atoms with E-state index in [-0.39, 0.29) is 0 Å². The van der Waals surface area contributed by atoms with Crippen molar-refractivity contribution in [1.82, 2.24) is 15.3 Å². The zero-order valence-electron chi connectivity index (χ0n) is 9.42. The molecule has 0 saturated carbocycles. The van der Waals surface area contributed by atoms with E-state index in [1.54, 1.807) is 6.33 Å². The topological polar surface area (TPSA) is 37.8 Å². The molecular formula is C12H19N3. The van der Waals surface area contributed by atoms with Gasteiger partial charge in [-0.25, -0.2) is 9.97 Å². The first-order valence-electron chi connectivity index (χ1n) is 5.94. The highest BCUT2D eigenvalue weighted by molar-refractivity contribution is 5.26. The van der Waals surface area contributed by atoms with Gasteiger partial charge in [-0.15, -0.1) is 0 Å². The summed E-state index contributed by atoms with van der Waals surface area (Å²) in [4.78, 5) is 8.77. The molecule has 1 N–H and O–H groups in total. The molecule has 0 unspecified atom stereocenters. The normalized spacial score (nSPS) is 15.0. The van der Waals surface area contributed by atoms with Crippen LogP contribution in [-0.2, 0) is 19.4 Å². The molecule has 3 heteroatoms. The SMILES string of the molecule is CCCCCc1ncnc2c1CNCC2. The van der Waals surface area contributed by atoms with Gasteiger partial charge in [0.25, 0.3) is 0 Å². The average Bonchev–Trinajstić information content (AvgIpc) is 2.30. The standard InChI is InChI=1S/C12H19N3/c1-2-3-4-5-11-10-8-13-7-6-12(10)15-9-14-11/h9,13H,2-8H2,1H3. The van der Waals surface area contributed by atoms with Crippen molar-refractivity contribution in [3.63, 3.8) is 0 Å². The predicted octanol–water partition coefficient (Wildman–Crippen LogP) is 1.85. The first-order chi connectivity index (χ1) is 7.42. The van der Waals surface area contributed by atoms with Crippen LogP contribution in [0.25, 0.3) is 0 Å². The Kier molecular flexibility index (Phi) is 3.67. The fourth-order valence-corrected chi connectivity index (χ4v) is 2.09. The Bertz CT molecular complexity index is 323. The van der Waals surface area contributed by atoms with Gasteiger partial charge in [-0.1, -0.05) is 19.8 Å². The number of hydrogen-bond acceptors (Lipinski definition) is 3. The largest absolute Gasteiger partial charge is 0.312 e. The van der Waals surface area contributed by atoms with Gasteiger partial charge < -0.3 is 5.32 Å². The Balaban J connectivity index is 2.09. The van der Waals surface area contributed by atoms with Gasteiger partial charge in [0.1, 0.15) is 6.33 Å². The van der Waals surface area contributed by atoms with Crippen molar-refractivity contribution in [2.75, 3.05) is 6.54 Å². The molecule has 0 atom stereocenters. The summed E-state index contributed by atoms with van der Waals surface area (Å²) in [6.45, 7) is 4.24. The molecule has 15 heavy (non-hydrogen) atoms. The highest BCUT2D eigenvalue weighted by Gasteiger charge is 2.14. The minimum atomic E-state index is 0.956. The molecule has 0 spiro atoms. The van der Waals surface area contributed by atoms with Crippen LogP contribution in [0.1, 0.15) is 43.1 Å². The van der Waals surface area contributed by atoms with Gasteiger partial charge in [-0.05, 0) is 12.8 Å². The Morgan fingerprint density at radius 1 is 1.33 bits per heavy atom. The van der Waals surface area contributed by atoms with Crippen LogP contribution in [-0.4, -0.2) is 16.5 Å². The van der Waals surface area contributed by atoms with Crippen molar-refractivity contribution in [2.24, 2.45) is 0 Å². The minimum Gasteiger partial charge on any atom is -0.312 e. The third-order valence-electron chi connectivity index (χ3n) is 2.98. The summed E-state index contributed by atoms with van der Waals surface area (Å²) in [5, 5.41) is 3.39. The van der Waals surface area contributed by atoms with Gasteiger partial charge in [-0.3, -0.25) is 0 Å². The molecule has 0 fully saturated rings. The van der Waals surface area contributed by atoms with Gasteiger partial charge in [0.2, 0.25) is 0 Å². The van der Waals surface area contributed by atoms with E-state index in [1.165, 1.54) is 36.2 Å². The molecule has 2 heterocycles. The van der Waals surface area contributed by atoms with Crippen LogP contribution >= 0.6 is 0 Å². The third kappa shape index (κ3) is 2.53. The predicted molar refractivity (Wildman–Crippen MR) is 60.7 cm³/mol. The van der Waals surface area contributed by atoms with E-state index in [1.807, 2.05) is 0 Å². The molecule has 3 nitrogen and oxygen atoms in total. The molecule has 82 valence electrons. The fourth-order valence-electron chi connectivity index (χ4n) is 2.09. The second-order valence-corrected chi connectivity index (χ2v) is 4.13. The Morgan fingerprint density at radius 2 is 2.27 bits per heavy atom. The van der Waals surface area contributed by atoms with Crippen LogP contribution < -0.4 is 5.32 Å². The molecule has 1 aliphatic heterocycles. The fraction of sp³-hybridized carbons (Fsp3) is 0.667. The van der Waals surface area contributed by atoms with Crippen molar-refractivity contribution in [2.45, 2.75) is 45.6 Å². The number of fused-ring (bicyclic) bond motifs is 1. The second kappa shape index (κ2) is 5.21. The first-order valence-corrected chi connectivity index (χ1v) is 5.94. The molecule has 2 rings (SSSR count). The van der Waals surface area contributed by atoms with Gasteiger partial charge in [-0.2, -0.15) is 0 Å². The molecule has 0 saturated heterocycles. The number of nitrogens with zero attached hydrogens (tertiary/aromatic N) is 2. The molecule has 0 amide bonds. The average molecular weight is 205 g/mol. The minimum absolute atomic E-state index is 0.956. The zero-order valence-corrected chi connectivity index (χ0v) is 9.42.